The molecule has 0 fully saturated rings. The molecular weight excluding hydrogens is 348 g/mol. The first-order valence-electron chi connectivity index (χ1n) is 5.83. The van der Waals surface area contributed by atoms with Gasteiger partial charge in [0.2, 0.25) is 10.0 Å². The normalized spacial score (nSPS) is 11.5. The van der Waals surface area contributed by atoms with E-state index in [4.69, 9.17) is 9.88 Å². The maximum Gasteiger partial charge on any atom is 0.260 e. The summed E-state index contributed by atoms with van der Waals surface area (Å²) in [5.41, 5.74) is 0. The second-order valence-corrected chi connectivity index (χ2v) is 6.94. The number of rotatable bonds is 5. The summed E-state index contributed by atoms with van der Waals surface area (Å²) in [5.74, 6) is 0.213. The van der Waals surface area contributed by atoms with Crippen molar-refractivity contribution in [1.29, 1.82) is 0 Å². The van der Waals surface area contributed by atoms with Crippen molar-refractivity contribution in [2.24, 2.45) is 5.14 Å². The van der Waals surface area contributed by atoms with Gasteiger partial charge in [-0.2, -0.15) is 0 Å². The molecule has 0 spiro atoms. The van der Waals surface area contributed by atoms with Gasteiger partial charge in [-0.3, -0.25) is 4.79 Å². The van der Waals surface area contributed by atoms with E-state index in [0.29, 0.717) is 10.2 Å². The van der Waals surface area contributed by atoms with E-state index < -0.39 is 10.0 Å². The number of carbonyl (C=O) groups excluding carboxylic acids is 1. The molecule has 1 aromatic rings. The van der Waals surface area contributed by atoms with Crippen LogP contribution in [0.2, 0.25) is 0 Å². The minimum Gasteiger partial charge on any atom is -0.483 e. The average Bonchev–Trinajstić information content (AvgIpc) is 2.34. The topological polar surface area (TPSA) is 89.7 Å². The van der Waals surface area contributed by atoms with Crippen molar-refractivity contribution < 1.29 is 17.9 Å². The van der Waals surface area contributed by atoms with Crippen LogP contribution >= 0.6 is 15.9 Å². The summed E-state index contributed by atoms with van der Waals surface area (Å²) in [6, 6.07) is 4.19. The van der Waals surface area contributed by atoms with Crippen LogP contribution in [0.25, 0.3) is 0 Å². The lowest BCUT2D eigenvalue weighted by atomic mass is 10.3. The monoisotopic (exact) mass is 364 g/mol. The highest BCUT2D eigenvalue weighted by atomic mass is 79.9. The first kappa shape index (κ1) is 16.9. The standard InChI is InChI=1S/C12H17BrN2O4S/c1-8(2)15(3)12(16)7-19-11-5-4-9(6-10(11)13)20(14,17)18/h4-6,8H,7H2,1-3H3,(H2,14,17,18). The minimum absolute atomic E-state index is 0.0256. The molecule has 0 heterocycles. The van der Waals surface area contributed by atoms with Crippen LogP contribution in [0, 0.1) is 0 Å². The zero-order chi connectivity index (χ0) is 15.5. The highest BCUT2D eigenvalue weighted by molar-refractivity contribution is 9.10. The van der Waals surface area contributed by atoms with Gasteiger partial charge >= 0.3 is 0 Å². The fourth-order valence-corrected chi connectivity index (χ4v) is 2.49. The summed E-state index contributed by atoms with van der Waals surface area (Å²) in [7, 11) is -2.07. The first-order chi connectivity index (χ1) is 9.12. The smallest absolute Gasteiger partial charge is 0.260 e. The van der Waals surface area contributed by atoms with Crippen molar-refractivity contribution in [2.75, 3.05) is 13.7 Å². The molecule has 0 aliphatic carbocycles. The number of nitrogens with two attached hydrogens (primary N) is 1. The molecule has 0 radical (unpaired) electrons. The maximum absolute atomic E-state index is 11.8. The molecule has 1 rings (SSSR count). The van der Waals surface area contributed by atoms with E-state index in [0.717, 1.165) is 0 Å². The highest BCUT2D eigenvalue weighted by Crippen LogP contribution is 2.27. The van der Waals surface area contributed by atoms with E-state index >= 15 is 0 Å². The Kier molecular flexibility index (Phi) is 5.55. The van der Waals surface area contributed by atoms with E-state index in [1.165, 1.54) is 18.2 Å². The van der Waals surface area contributed by atoms with Gasteiger partial charge in [-0.05, 0) is 48.0 Å². The Hall–Kier alpha value is -1.12. The largest absolute Gasteiger partial charge is 0.483 e. The van der Waals surface area contributed by atoms with Crippen molar-refractivity contribution in [3.63, 3.8) is 0 Å². The first-order valence-corrected chi connectivity index (χ1v) is 8.17. The van der Waals surface area contributed by atoms with E-state index in [-0.39, 0.29) is 23.5 Å². The van der Waals surface area contributed by atoms with Crippen LogP contribution in [0.5, 0.6) is 5.75 Å². The predicted molar refractivity (Wildman–Crippen MR) is 78.9 cm³/mol. The SMILES string of the molecule is CC(C)N(C)C(=O)COc1ccc(S(N)(=O)=O)cc1Br. The van der Waals surface area contributed by atoms with Crippen LogP contribution in [0.1, 0.15) is 13.8 Å². The van der Waals surface area contributed by atoms with Gasteiger partial charge in [0.25, 0.3) is 5.91 Å². The third kappa shape index (κ3) is 4.46. The zero-order valence-electron chi connectivity index (χ0n) is 11.5. The molecule has 20 heavy (non-hydrogen) atoms. The Morgan fingerprint density at radius 2 is 2.05 bits per heavy atom. The number of halogens is 1. The van der Waals surface area contributed by atoms with E-state index in [1.54, 1.807) is 11.9 Å². The summed E-state index contributed by atoms with van der Waals surface area (Å²) in [5, 5.41) is 5.02. The molecule has 0 saturated heterocycles. The molecule has 0 bridgehead atoms. The Morgan fingerprint density at radius 3 is 2.50 bits per heavy atom. The highest BCUT2D eigenvalue weighted by Gasteiger charge is 2.15. The van der Waals surface area contributed by atoms with E-state index in [9.17, 15) is 13.2 Å². The number of primary sulfonamides is 1. The molecule has 0 unspecified atom stereocenters. The molecule has 0 atom stereocenters. The van der Waals surface area contributed by atoms with Crippen molar-refractivity contribution >= 4 is 31.9 Å². The average molecular weight is 365 g/mol. The second kappa shape index (κ2) is 6.55. The molecule has 0 saturated carbocycles. The number of amides is 1. The Balaban J connectivity index is 2.78. The van der Waals surface area contributed by atoms with E-state index in [2.05, 4.69) is 15.9 Å². The van der Waals surface area contributed by atoms with Crippen molar-refractivity contribution in [1.82, 2.24) is 4.90 Å². The fraction of sp³-hybridized carbons (Fsp3) is 0.417. The third-order valence-electron chi connectivity index (χ3n) is 2.75. The number of hydrogen-bond acceptors (Lipinski definition) is 4. The number of likely N-dealkylation sites (N-methyl/N-ethyl adjacent to an activating group) is 1. The van der Waals surface area contributed by atoms with Crippen LogP contribution in [0.15, 0.2) is 27.6 Å². The zero-order valence-corrected chi connectivity index (χ0v) is 13.9. The van der Waals surface area contributed by atoms with Crippen LogP contribution in [0.3, 0.4) is 0 Å². The van der Waals surface area contributed by atoms with Crippen molar-refractivity contribution in [2.45, 2.75) is 24.8 Å². The molecule has 0 aromatic heterocycles. The maximum atomic E-state index is 11.8. The molecule has 8 heteroatoms. The molecule has 1 aromatic carbocycles. The Morgan fingerprint density at radius 1 is 1.45 bits per heavy atom. The van der Waals surface area contributed by atoms with Gasteiger partial charge in [0.05, 0.1) is 9.37 Å². The Bertz CT molecular complexity index is 601. The number of ether oxygens (including phenoxy) is 1. The summed E-state index contributed by atoms with van der Waals surface area (Å²) in [4.78, 5) is 13.3. The number of hydrogen-bond donors (Lipinski definition) is 1. The van der Waals surface area contributed by atoms with Crippen LogP contribution in [-0.2, 0) is 14.8 Å². The van der Waals surface area contributed by atoms with E-state index in [1.807, 2.05) is 13.8 Å². The van der Waals surface area contributed by atoms with Gasteiger partial charge < -0.3 is 9.64 Å². The van der Waals surface area contributed by atoms with Crippen LogP contribution < -0.4 is 9.88 Å². The lowest BCUT2D eigenvalue weighted by molar-refractivity contribution is -0.133. The van der Waals surface area contributed by atoms with Gasteiger partial charge in [-0.25, -0.2) is 13.6 Å². The third-order valence-corrected chi connectivity index (χ3v) is 4.28. The molecular formula is C12H17BrN2O4S. The van der Waals surface area contributed by atoms with Gasteiger partial charge in [0.15, 0.2) is 6.61 Å². The van der Waals surface area contributed by atoms with Crippen molar-refractivity contribution in [3.05, 3.63) is 22.7 Å². The summed E-state index contributed by atoms with van der Waals surface area (Å²) in [6.45, 7) is 3.67. The lowest BCUT2D eigenvalue weighted by Crippen LogP contribution is -2.36. The van der Waals surface area contributed by atoms with Gasteiger partial charge in [0.1, 0.15) is 5.75 Å². The molecule has 2 N–H and O–H groups in total. The minimum atomic E-state index is -3.76. The second-order valence-electron chi connectivity index (χ2n) is 4.52. The quantitative estimate of drug-likeness (QED) is 0.853. The fourth-order valence-electron chi connectivity index (χ4n) is 1.30. The van der Waals surface area contributed by atoms with Gasteiger partial charge in [-0.15, -0.1) is 0 Å². The van der Waals surface area contributed by atoms with Crippen molar-refractivity contribution in [3.8, 4) is 5.75 Å². The van der Waals surface area contributed by atoms with Gasteiger partial charge in [-0.1, -0.05) is 0 Å². The summed E-state index contributed by atoms with van der Waals surface area (Å²) >= 11 is 3.19. The Labute approximate surface area is 127 Å². The van der Waals surface area contributed by atoms with Gasteiger partial charge in [0, 0.05) is 13.1 Å². The number of benzene rings is 1. The summed E-state index contributed by atoms with van der Waals surface area (Å²) in [6.07, 6.45) is 0. The van der Waals surface area contributed by atoms with Crippen LogP contribution in [0.4, 0.5) is 0 Å². The molecule has 0 aliphatic rings. The predicted octanol–water partition coefficient (Wildman–Crippen LogP) is 1.34. The number of sulfonamides is 1. The molecule has 1 amide bonds. The summed E-state index contributed by atoms with van der Waals surface area (Å²) < 4.78 is 28.1. The molecule has 6 nitrogen and oxygen atoms in total. The number of carbonyl (C=O) groups is 1. The molecule has 112 valence electrons. The number of nitrogens with zero attached hydrogens (tertiary/aromatic N) is 1. The lowest BCUT2D eigenvalue weighted by Gasteiger charge is -2.21. The molecule has 0 aliphatic heterocycles. The van der Waals surface area contributed by atoms with Crippen LogP contribution in [-0.4, -0.2) is 38.9 Å².